The molecule has 2 aromatic rings. The highest BCUT2D eigenvalue weighted by Gasteiger charge is 2.08. The summed E-state index contributed by atoms with van der Waals surface area (Å²) in [6.45, 7) is 3.53. The van der Waals surface area contributed by atoms with Gasteiger partial charge in [0.2, 0.25) is 0 Å². The van der Waals surface area contributed by atoms with Crippen LogP contribution < -0.4 is 9.46 Å². The average molecular weight is 385 g/mol. The molecule has 0 aliphatic heterocycles. The van der Waals surface area contributed by atoms with Gasteiger partial charge in [0.15, 0.2) is 0 Å². The van der Waals surface area contributed by atoms with Crippen molar-refractivity contribution >= 4 is 45.4 Å². The summed E-state index contributed by atoms with van der Waals surface area (Å²) in [5, 5.41) is 1.09. The number of rotatable bonds is 7. The summed E-state index contributed by atoms with van der Waals surface area (Å²) >= 11 is 9.83. The highest BCUT2D eigenvalue weighted by atomic mass is 35.5. The van der Waals surface area contributed by atoms with Crippen LogP contribution in [-0.4, -0.2) is 19.6 Å². The number of para-hydroxylation sites is 1. The predicted molar refractivity (Wildman–Crippen MR) is 98.2 cm³/mol. The van der Waals surface area contributed by atoms with Crippen LogP contribution in [0.4, 0.5) is 0 Å². The van der Waals surface area contributed by atoms with Crippen LogP contribution in [0.2, 0.25) is 0 Å². The van der Waals surface area contributed by atoms with Crippen LogP contribution in [0.1, 0.15) is 0 Å². The second kappa shape index (κ2) is 8.84. The van der Waals surface area contributed by atoms with Crippen molar-refractivity contribution in [3.63, 3.8) is 0 Å². The van der Waals surface area contributed by atoms with Crippen molar-refractivity contribution in [2.24, 2.45) is 0 Å². The number of hydrogen-bond donors (Lipinski definition) is 2. The van der Waals surface area contributed by atoms with Gasteiger partial charge in [0.1, 0.15) is 11.5 Å². The van der Waals surface area contributed by atoms with E-state index in [2.05, 4.69) is 16.3 Å². The summed E-state index contributed by atoms with van der Waals surface area (Å²) in [4.78, 5) is 4.29. The maximum Gasteiger partial charge on any atom is 0.259 e. The molecule has 1 atom stereocenters. The molecule has 0 saturated carbocycles. The van der Waals surface area contributed by atoms with Gasteiger partial charge in [-0.15, -0.1) is 11.6 Å². The number of nitrogens with zero attached hydrogens (tertiary/aromatic N) is 1. The van der Waals surface area contributed by atoms with Crippen LogP contribution in [-0.2, 0) is 11.3 Å². The van der Waals surface area contributed by atoms with Gasteiger partial charge in [-0.25, -0.2) is 4.21 Å². The van der Waals surface area contributed by atoms with Crippen molar-refractivity contribution in [2.45, 2.75) is 0 Å². The Morgan fingerprint density at radius 2 is 2.21 bits per heavy atom. The molecule has 126 valence electrons. The first-order chi connectivity index (χ1) is 11.5. The molecule has 1 aromatic heterocycles. The number of nitrogens with one attached hydrogen (secondary N) is 1. The average Bonchev–Trinajstić information content (AvgIpc) is 2.58. The SMILES string of the molecule is C=C/C(=C\C(Cl)=C(/CCl)Oc1cnc2ccccc2c1)NS(=O)O. The fourth-order valence-corrected chi connectivity index (χ4v) is 2.67. The van der Waals surface area contributed by atoms with Gasteiger partial charge in [-0.05, 0) is 24.3 Å². The Balaban J connectivity index is 2.29. The molecule has 1 aromatic carbocycles. The third-order valence-corrected chi connectivity index (χ3v) is 3.87. The van der Waals surface area contributed by atoms with Gasteiger partial charge in [0.25, 0.3) is 11.3 Å². The molecule has 1 unspecified atom stereocenters. The largest absolute Gasteiger partial charge is 0.457 e. The third-order valence-electron chi connectivity index (χ3n) is 2.90. The van der Waals surface area contributed by atoms with Crippen molar-refractivity contribution in [1.29, 1.82) is 0 Å². The Hall–Kier alpha value is -1.86. The van der Waals surface area contributed by atoms with Crippen LogP contribution in [0.5, 0.6) is 5.75 Å². The lowest BCUT2D eigenvalue weighted by Crippen LogP contribution is -2.14. The molecular weight excluding hydrogens is 371 g/mol. The summed E-state index contributed by atoms with van der Waals surface area (Å²) in [6, 6.07) is 9.43. The van der Waals surface area contributed by atoms with Gasteiger partial charge < -0.3 is 4.74 Å². The molecule has 0 radical (unpaired) electrons. The Morgan fingerprint density at radius 3 is 2.88 bits per heavy atom. The number of hydrogen-bond acceptors (Lipinski definition) is 3. The van der Waals surface area contributed by atoms with Crippen LogP contribution in [0.15, 0.2) is 71.7 Å². The molecule has 0 amide bonds. The van der Waals surface area contributed by atoms with Gasteiger partial charge in [0.05, 0.1) is 22.6 Å². The van der Waals surface area contributed by atoms with Crippen molar-refractivity contribution < 1.29 is 13.5 Å². The summed E-state index contributed by atoms with van der Waals surface area (Å²) in [7, 11) is 0. The zero-order valence-corrected chi connectivity index (χ0v) is 14.7. The first-order valence-corrected chi connectivity index (χ1v) is 8.74. The van der Waals surface area contributed by atoms with Crippen molar-refractivity contribution in [3.05, 3.63) is 71.7 Å². The van der Waals surface area contributed by atoms with E-state index >= 15 is 0 Å². The number of allylic oxidation sites excluding steroid dienone is 4. The fraction of sp³-hybridized carbons (Fsp3) is 0.0625. The molecule has 24 heavy (non-hydrogen) atoms. The van der Waals surface area contributed by atoms with E-state index in [0.717, 1.165) is 10.9 Å². The van der Waals surface area contributed by atoms with Gasteiger partial charge >= 0.3 is 0 Å². The van der Waals surface area contributed by atoms with E-state index in [1.54, 1.807) is 6.20 Å². The molecule has 2 rings (SSSR count). The number of pyridine rings is 1. The summed E-state index contributed by atoms with van der Waals surface area (Å²) in [5.41, 5.74) is 1.10. The smallest absolute Gasteiger partial charge is 0.259 e. The lowest BCUT2D eigenvalue weighted by atomic mass is 10.2. The highest BCUT2D eigenvalue weighted by molar-refractivity contribution is 7.77. The Kier molecular flexibility index (Phi) is 6.81. The zero-order chi connectivity index (χ0) is 17.5. The molecule has 5 nitrogen and oxygen atoms in total. The van der Waals surface area contributed by atoms with E-state index in [9.17, 15) is 4.21 Å². The van der Waals surface area contributed by atoms with Crippen molar-refractivity contribution in [2.75, 3.05) is 5.88 Å². The fourth-order valence-electron chi connectivity index (χ4n) is 1.84. The van der Waals surface area contributed by atoms with E-state index < -0.39 is 11.3 Å². The summed E-state index contributed by atoms with van der Waals surface area (Å²) in [6.07, 6.45) is 4.31. The predicted octanol–water partition coefficient (Wildman–Crippen LogP) is 4.10. The van der Waals surface area contributed by atoms with Crippen molar-refractivity contribution in [3.8, 4) is 5.75 Å². The maximum atomic E-state index is 10.8. The number of aromatic nitrogens is 1. The Labute approximate surface area is 152 Å². The van der Waals surface area contributed by atoms with E-state index in [4.69, 9.17) is 32.5 Å². The van der Waals surface area contributed by atoms with Gasteiger partial charge in [-0.3, -0.25) is 14.3 Å². The first-order valence-electron chi connectivity index (χ1n) is 6.72. The molecule has 2 N–H and O–H groups in total. The molecule has 8 heteroatoms. The molecule has 0 fully saturated rings. The molecule has 0 aliphatic rings. The third kappa shape index (κ3) is 5.07. The second-order valence-corrected chi connectivity index (χ2v) is 5.90. The number of fused-ring (bicyclic) bond motifs is 1. The quantitative estimate of drug-likeness (QED) is 0.326. The number of alkyl halides is 1. The number of ether oxygens (including phenoxy) is 1. The topological polar surface area (TPSA) is 71.5 Å². The Bertz CT molecular complexity index is 837. The molecule has 0 bridgehead atoms. The molecule has 0 saturated heterocycles. The maximum absolute atomic E-state index is 10.8. The monoisotopic (exact) mass is 384 g/mol. The summed E-state index contributed by atoms with van der Waals surface area (Å²) in [5.74, 6) is 0.768. The molecule has 0 aliphatic carbocycles. The Morgan fingerprint density at radius 1 is 1.46 bits per heavy atom. The van der Waals surface area contributed by atoms with Crippen molar-refractivity contribution in [1.82, 2.24) is 9.71 Å². The minimum Gasteiger partial charge on any atom is -0.457 e. The number of benzene rings is 1. The van der Waals surface area contributed by atoms with E-state index in [-0.39, 0.29) is 22.4 Å². The van der Waals surface area contributed by atoms with Crippen LogP contribution in [0, 0.1) is 0 Å². The summed E-state index contributed by atoms with van der Waals surface area (Å²) < 4.78 is 27.6. The highest BCUT2D eigenvalue weighted by Crippen LogP contribution is 2.23. The molecule has 0 spiro atoms. The first kappa shape index (κ1) is 18.5. The lowest BCUT2D eigenvalue weighted by Gasteiger charge is -2.10. The van der Waals surface area contributed by atoms with Gasteiger partial charge in [-0.2, -0.15) is 0 Å². The minimum atomic E-state index is -2.24. The molecular formula is C16H14Cl2N2O3S. The minimum absolute atomic E-state index is 0.00873. The number of halogens is 2. The van der Waals surface area contributed by atoms with Crippen LogP contribution >= 0.6 is 23.2 Å². The van der Waals surface area contributed by atoms with Crippen LogP contribution in [0.25, 0.3) is 10.9 Å². The van der Waals surface area contributed by atoms with E-state index in [0.29, 0.717) is 5.75 Å². The van der Waals surface area contributed by atoms with Gasteiger partial charge in [-0.1, -0.05) is 36.4 Å². The lowest BCUT2D eigenvalue weighted by molar-refractivity contribution is 0.427. The van der Waals surface area contributed by atoms with Gasteiger partial charge in [0, 0.05) is 11.1 Å². The van der Waals surface area contributed by atoms with E-state index in [1.807, 2.05) is 30.3 Å². The van der Waals surface area contributed by atoms with Crippen LogP contribution in [0.3, 0.4) is 0 Å². The second-order valence-electron chi connectivity index (χ2n) is 4.53. The standard InChI is InChI=1S/C16H14Cl2N2O3S/c1-2-12(20-24(21)22)8-14(18)16(9-17)23-13-7-11-5-3-4-6-15(11)19-10-13/h2-8,10,20H,1,9H2,(H,21,22)/b12-8+,16-14-. The molecule has 1 heterocycles. The normalized spacial score (nSPS) is 14.0. The van der Waals surface area contributed by atoms with E-state index in [1.165, 1.54) is 12.2 Å². The zero-order valence-electron chi connectivity index (χ0n) is 12.4.